The van der Waals surface area contributed by atoms with Crippen LogP contribution in [0.5, 0.6) is 0 Å². The highest BCUT2D eigenvalue weighted by molar-refractivity contribution is 5.17. The fraction of sp³-hybridized carbons (Fsp3) is 0.625. The van der Waals surface area contributed by atoms with Crippen LogP contribution in [0, 0.1) is 17.6 Å². The molecule has 1 N–H and O–H groups in total. The summed E-state index contributed by atoms with van der Waals surface area (Å²) >= 11 is 0. The highest BCUT2D eigenvalue weighted by Crippen LogP contribution is 2.19. The average Bonchev–Trinajstić information content (AvgIpc) is 2.44. The van der Waals surface area contributed by atoms with Gasteiger partial charge in [0.05, 0.1) is 6.61 Å². The third-order valence-corrected chi connectivity index (χ3v) is 3.95. The molecule has 0 atom stereocenters. The first-order valence-electron chi connectivity index (χ1n) is 7.54. The highest BCUT2D eigenvalue weighted by atomic mass is 19.1. The van der Waals surface area contributed by atoms with Gasteiger partial charge in [0.25, 0.3) is 0 Å². The summed E-state index contributed by atoms with van der Waals surface area (Å²) in [5.41, 5.74) is 0.712. The molecular weight excluding hydrogens is 274 g/mol. The molecule has 1 heterocycles. The molecule has 3 nitrogen and oxygen atoms in total. The van der Waals surface area contributed by atoms with Crippen LogP contribution in [0.1, 0.15) is 18.4 Å². The zero-order valence-electron chi connectivity index (χ0n) is 12.6. The van der Waals surface area contributed by atoms with Crippen LogP contribution in [0.15, 0.2) is 18.2 Å². The summed E-state index contributed by atoms with van der Waals surface area (Å²) in [6, 6.07) is 3.75. The van der Waals surface area contributed by atoms with Crippen LogP contribution < -0.4 is 5.32 Å². The fourth-order valence-electron chi connectivity index (χ4n) is 2.79. The molecule has 0 spiro atoms. The van der Waals surface area contributed by atoms with Crippen LogP contribution in [0.25, 0.3) is 0 Å². The molecule has 118 valence electrons. The van der Waals surface area contributed by atoms with Gasteiger partial charge in [0.15, 0.2) is 0 Å². The van der Waals surface area contributed by atoms with Gasteiger partial charge in [-0.3, -0.25) is 4.90 Å². The van der Waals surface area contributed by atoms with E-state index in [1.54, 1.807) is 7.11 Å². The molecule has 0 aromatic heterocycles. The molecule has 2 rings (SSSR count). The maximum atomic E-state index is 13.2. The standard InChI is InChI=1S/C16H24F2N2O/c1-21-7-4-19-11-13-2-5-20(6-3-13)12-14-8-15(17)10-16(18)9-14/h8-10,13,19H,2-7,11-12H2,1H3. The smallest absolute Gasteiger partial charge is 0.126 e. The fourth-order valence-corrected chi connectivity index (χ4v) is 2.79. The van der Waals surface area contributed by atoms with Crippen molar-refractivity contribution < 1.29 is 13.5 Å². The Balaban J connectivity index is 1.71. The minimum Gasteiger partial charge on any atom is -0.383 e. The van der Waals surface area contributed by atoms with Crippen LogP contribution in [-0.4, -0.2) is 44.8 Å². The zero-order valence-corrected chi connectivity index (χ0v) is 12.6. The van der Waals surface area contributed by atoms with Crippen molar-refractivity contribution in [2.45, 2.75) is 19.4 Å². The Bertz CT molecular complexity index is 414. The van der Waals surface area contributed by atoms with E-state index in [-0.39, 0.29) is 0 Å². The number of piperidine rings is 1. The van der Waals surface area contributed by atoms with Gasteiger partial charge < -0.3 is 10.1 Å². The van der Waals surface area contributed by atoms with E-state index in [2.05, 4.69) is 10.2 Å². The van der Waals surface area contributed by atoms with Gasteiger partial charge in [-0.25, -0.2) is 8.78 Å². The van der Waals surface area contributed by atoms with E-state index < -0.39 is 11.6 Å². The van der Waals surface area contributed by atoms with Crippen LogP contribution in [0.3, 0.4) is 0 Å². The van der Waals surface area contributed by atoms with Crippen molar-refractivity contribution in [3.63, 3.8) is 0 Å². The number of hydrogen-bond acceptors (Lipinski definition) is 3. The van der Waals surface area contributed by atoms with Gasteiger partial charge in [-0.05, 0) is 56.1 Å². The van der Waals surface area contributed by atoms with Gasteiger partial charge in [0, 0.05) is 26.3 Å². The number of ether oxygens (including phenoxy) is 1. The normalized spacial score (nSPS) is 17.3. The first kappa shape index (κ1) is 16.3. The van der Waals surface area contributed by atoms with Crippen molar-refractivity contribution in [2.24, 2.45) is 5.92 Å². The van der Waals surface area contributed by atoms with Gasteiger partial charge >= 0.3 is 0 Å². The summed E-state index contributed by atoms with van der Waals surface area (Å²) in [5, 5.41) is 3.39. The van der Waals surface area contributed by atoms with Crippen molar-refractivity contribution in [3.8, 4) is 0 Å². The van der Waals surface area contributed by atoms with E-state index in [1.807, 2.05) is 0 Å². The molecule has 1 fully saturated rings. The maximum Gasteiger partial charge on any atom is 0.126 e. The summed E-state index contributed by atoms with van der Waals surface area (Å²) in [4.78, 5) is 2.26. The summed E-state index contributed by atoms with van der Waals surface area (Å²) in [6.45, 7) is 5.23. The van der Waals surface area contributed by atoms with Crippen molar-refractivity contribution in [1.82, 2.24) is 10.2 Å². The van der Waals surface area contributed by atoms with Gasteiger partial charge in [-0.1, -0.05) is 0 Å². The van der Waals surface area contributed by atoms with E-state index in [0.717, 1.165) is 51.7 Å². The number of nitrogens with one attached hydrogen (secondary N) is 1. The Morgan fingerprint density at radius 2 is 1.86 bits per heavy atom. The molecule has 1 aliphatic rings. The Kier molecular flexibility index (Phi) is 6.54. The van der Waals surface area contributed by atoms with E-state index in [1.165, 1.54) is 12.1 Å². The van der Waals surface area contributed by atoms with Crippen molar-refractivity contribution in [3.05, 3.63) is 35.4 Å². The second-order valence-electron chi connectivity index (χ2n) is 5.69. The molecule has 0 bridgehead atoms. The lowest BCUT2D eigenvalue weighted by Gasteiger charge is -2.32. The van der Waals surface area contributed by atoms with Gasteiger partial charge in [0.2, 0.25) is 0 Å². The number of benzene rings is 1. The molecule has 0 aliphatic carbocycles. The quantitative estimate of drug-likeness (QED) is 0.782. The van der Waals surface area contributed by atoms with Crippen LogP contribution >= 0.6 is 0 Å². The van der Waals surface area contributed by atoms with E-state index >= 15 is 0 Å². The number of rotatable bonds is 7. The van der Waals surface area contributed by atoms with Gasteiger partial charge in [-0.2, -0.15) is 0 Å². The van der Waals surface area contributed by atoms with Crippen molar-refractivity contribution in [2.75, 3.05) is 39.9 Å². The van der Waals surface area contributed by atoms with E-state index in [4.69, 9.17) is 4.74 Å². The van der Waals surface area contributed by atoms with Crippen LogP contribution in [0.2, 0.25) is 0 Å². The molecule has 1 saturated heterocycles. The molecule has 0 radical (unpaired) electrons. The maximum absolute atomic E-state index is 13.2. The first-order valence-corrected chi connectivity index (χ1v) is 7.54. The molecule has 0 saturated carbocycles. The predicted octanol–water partition coefficient (Wildman–Crippen LogP) is 2.41. The summed E-state index contributed by atoms with van der Waals surface area (Å²) < 4.78 is 31.3. The first-order chi connectivity index (χ1) is 10.2. The molecule has 5 heteroatoms. The Labute approximate surface area is 125 Å². The largest absolute Gasteiger partial charge is 0.383 e. The highest BCUT2D eigenvalue weighted by Gasteiger charge is 2.19. The second kappa shape index (κ2) is 8.41. The number of halogens is 2. The lowest BCUT2D eigenvalue weighted by atomic mass is 9.96. The molecule has 1 aliphatic heterocycles. The van der Waals surface area contributed by atoms with E-state index in [9.17, 15) is 8.78 Å². The van der Waals surface area contributed by atoms with Gasteiger partial charge in [0.1, 0.15) is 11.6 Å². The molecule has 1 aromatic carbocycles. The van der Waals surface area contributed by atoms with E-state index in [0.29, 0.717) is 18.0 Å². The summed E-state index contributed by atoms with van der Waals surface area (Å²) in [7, 11) is 1.70. The lowest BCUT2D eigenvalue weighted by molar-refractivity contribution is 0.168. The number of likely N-dealkylation sites (tertiary alicyclic amines) is 1. The SMILES string of the molecule is COCCNCC1CCN(Cc2cc(F)cc(F)c2)CC1. The third kappa shape index (κ3) is 5.69. The minimum absolute atomic E-state index is 0.498. The lowest BCUT2D eigenvalue weighted by Crippen LogP contribution is -2.37. The third-order valence-electron chi connectivity index (χ3n) is 3.95. The number of hydrogen-bond donors (Lipinski definition) is 1. The molecule has 21 heavy (non-hydrogen) atoms. The Morgan fingerprint density at radius 1 is 1.19 bits per heavy atom. The topological polar surface area (TPSA) is 24.5 Å². The van der Waals surface area contributed by atoms with Crippen molar-refractivity contribution in [1.29, 1.82) is 0 Å². The molecule has 1 aromatic rings. The number of methoxy groups -OCH3 is 1. The minimum atomic E-state index is -0.498. The Morgan fingerprint density at radius 3 is 2.48 bits per heavy atom. The number of nitrogens with zero attached hydrogens (tertiary/aromatic N) is 1. The zero-order chi connectivity index (χ0) is 15.1. The van der Waals surface area contributed by atoms with Gasteiger partial charge in [-0.15, -0.1) is 0 Å². The van der Waals surface area contributed by atoms with Crippen LogP contribution in [-0.2, 0) is 11.3 Å². The van der Waals surface area contributed by atoms with Crippen LogP contribution in [0.4, 0.5) is 8.78 Å². The summed E-state index contributed by atoms with van der Waals surface area (Å²) in [5.74, 6) is -0.313. The predicted molar refractivity (Wildman–Crippen MR) is 79.1 cm³/mol. The Hall–Kier alpha value is -1.04. The molecule has 0 unspecified atom stereocenters. The average molecular weight is 298 g/mol. The molecule has 0 amide bonds. The second-order valence-corrected chi connectivity index (χ2v) is 5.69. The van der Waals surface area contributed by atoms with Crippen molar-refractivity contribution >= 4 is 0 Å². The molecular formula is C16H24F2N2O. The monoisotopic (exact) mass is 298 g/mol. The summed E-state index contributed by atoms with van der Waals surface area (Å²) in [6.07, 6.45) is 2.25.